The average Bonchev–Trinajstić information content (AvgIpc) is 2.81. The van der Waals surface area contributed by atoms with Crippen molar-refractivity contribution in [3.63, 3.8) is 0 Å². The Morgan fingerprint density at radius 2 is 1.84 bits per heavy atom. The Kier molecular flexibility index (Phi) is 16.1. The van der Waals surface area contributed by atoms with Gasteiger partial charge >= 0.3 is 0 Å². The van der Waals surface area contributed by atoms with E-state index in [1.165, 1.54) is 110 Å². The highest BCUT2D eigenvalue weighted by atomic mass is 35.5. The number of halogens is 1. The maximum absolute atomic E-state index is 6.33. The molecule has 3 N–H and O–H groups in total. The van der Waals surface area contributed by atoms with Crippen LogP contribution in [0.15, 0.2) is 11.6 Å². The first-order valence-corrected chi connectivity index (χ1v) is 14.6. The summed E-state index contributed by atoms with van der Waals surface area (Å²) in [5.41, 5.74) is 1.63. The van der Waals surface area contributed by atoms with Crippen LogP contribution in [-0.2, 0) is 0 Å². The second kappa shape index (κ2) is 18.3. The molecule has 4 heteroatoms. The fourth-order valence-corrected chi connectivity index (χ4v) is 5.82. The Hall–Kier alpha value is -0.0900. The molecule has 0 aliphatic heterocycles. The van der Waals surface area contributed by atoms with Crippen LogP contribution < -0.4 is 16.0 Å². The first-order chi connectivity index (χ1) is 15.7. The lowest BCUT2D eigenvalue weighted by Gasteiger charge is -2.26. The van der Waals surface area contributed by atoms with Gasteiger partial charge in [0, 0.05) is 11.9 Å². The molecule has 0 saturated heterocycles. The molecule has 32 heavy (non-hydrogen) atoms. The molecule has 4 unspecified atom stereocenters. The Balaban J connectivity index is 1.41. The minimum atomic E-state index is 0.439. The van der Waals surface area contributed by atoms with E-state index in [-0.39, 0.29) is 0 Å². The predicted molar refractivity (Wildman–Crippen MR) is 143 cm³/mol. The third-order valence-corrected chi connectivity index (χ3v) is 8.18. The maximum atomic E-state index is 6.33. The zero-order valence-electron chi connectivity index (χ0n) is 21.4. The van der Waals surface area contributed by atoms with Crippen LogP contribution in [0.1, 0.15) is 104 Å². The van der Waals surface area contributed by atoms with Gasteiger partial charge in [-0.15, -0.1) is 11.6 Å². The standard InChI is InChI=1S/C28H54ClN3/c1-3-5-6-9-24(4-2)21-30-17-8-18-31-22-26-12-14-27(15-13-26)23-32-19-16-25-10-7-11-28(29)20-25/h12,24-25,27-28,30-32H,3-11,13-23H2,1-2H3. The lowest BCUT2D eigenvalue weighted by Crippen LogP contribution is -2.29. The van der Waals surface area contributed by atoms with Gasteiger partial charge in [0.05, 0.1) is 0 Å². The van der Waals surface area contributed by atoms with Gasteiger partial charge < -0.3 is 16.0 Å². The highest BCUT2D eigenvalue weighted by Gasteiger charge is 2.20. The SMILES string of the molecule is CCCCCC(CC)CNCCCNCC1=CCC(CNCCC2CCCC(Cl)C2)CC1. The number of hydrogen-bond acceptors (Lipinski definition) is 3. The van der Waals surface area contributed by atoms with Gasteiger partial charge in [0.2, 0.25) is 0 Å². The van der Waals surface area contributed by atoms with E-state index in [1.807, 2.05) is 0 Å². The van der Waals surface area contributed by atoms with E-state index in [2.05, 4.69) is 35.9 Å². The molecule has 188 valence electrons. The van der Waals surface area contributed by atoms with Crippen molar-refractivity contribution in [2.24, 2.45) is 17.8 Å². The molecule has 0 amide bonds. The summed E-state index contributed by atoms with van der Waals surface area (Å²) in [4.78, 5) is 0. The molecule has 0 heterocycles. The van der Waals surface area contributed by atoms with Crippen molar-refractivity contribution < 1.29 is 0 Å². The number of nitrogens with one attached hydrogen (secondary N) is 3. The number of allylic oxidation sites excluding steroid dienone is 1. The van der Waals surface area contributed by atoms with Crippen molar-refractivity contribution >= 4 is 11.6 Å². The molecule has 2 rings (SSSR count). The Morgan fingerprint density at radius 1 is 0.969 bits per heavy atom. The van der Waals surface area contributed by atoms with Gasteiger partial charge in [0.15, 0.2) is 0 Å². The van der Waals surface area contributed by atoms with Crippen molar-refractivity contribution in [2.75, 3.05) is 39.3 Å². The number of unbranched alkanes of at least 4 members (excludes halogenated alkanes) is 2. The van der Waals surface area contributed by atoms with E-state index in [0.717, 1.165) is 37.4 Å². The molecule has 0 spiro atoms. The van der Waals surface area contributed by atoms with Crippen LogP contribution in [0.3, 0.4) is 0 Å². The molecule has 0 aromatic carbocycles. The second-order valence-corrected chi connectivity index (χ2v) is 11.2. The fraction of sp³-hybridized carbons (Fsp3) is 0.929. The van der Waals surface area contributed by atoms with Crippen molar-refractivity contribution in [1.82, 2.24) is 16.0 Å². The Morgan fingerprint density at radius 3 is 2.59 bits per heavy atom. The molecule has 1 fully saturated rings. The molecule has 3 nitrogen and oxygen atoms in total. The average molecular weight is 468 g/mol. The van der Waals surface area contributed by atoms with Crippen LogP contribution in [0.2, 0.25) is 0 Å². The highest BCUT2D eigenvalue weighted by molar-refractivity contribution is 6.20. The summed E-state index contributed by atoms with van der Waals surface area (Å²) in [6, 6.07) is 0. The van der Waals surface area contributed by atoms with Gasteiger partial charge in [0.25, 0.3) is 0 Å². The van der Waals surface area contributed by atoms with E-state index in [9.17, 15) is 0 Å². The molecule has 0 bridgehead atoms. The smallest absolute Gasteiger partial charge is 0.0338 e. The maximum Gasteiger partial charge on any atom is 0.0338 e. The van der Waals surface area contributed by atoms with Crippen molar-refractivity contribution in [3.8, 4) is 0 Å². The van der Waals surface area contributed by atoms with E-state index < -0.39 is 0 Å². The molecule has 4 atom stereocenters. The van der Waals surface area contributed by atoms with E-state index in [0.29, 0.717) is 5.38 Å². The fourth-order valence-electron chi connectivity index (χ4n) is 5.42. The summed E-state index contributed by atoms with van der Waals surface area (Å²) in [6.45, 7) is 11.6. The summed E-state index contributed by atoms with van der Waals surface area (Å²) < 4.78 is 0. The molecule has 2 aliphatic carbocycles. The molecule has 0 radical (unpaired) electrons. The minimum Gasteiger partial charge on any atom is -0.316 e. The van der Waals surface area contributed by atoms with E-state index in [4.69, 9.17) is 11.6 Å². The largest absolute Gasteiger partial charge is 0.316 e. The number of hydrogen-bond donors (Lipinski definition) is 3. The Bertz CT molecular complexity index is 481. The molecule has 0 aromatic rings. The Labute approximate surface area is 205 Å². The summed E-state index contributed by atoms with van der Waals surface area (Å²) in [7, 11) is 0. The summed E-state index contributed by atoms with van der Waals surface area (Å²) in [5, 5.41) is 11.5. The molecule has 1 saturated carbocycles. The first-order valence-electron chi connectivity index (χ1n) is 14.1. The zero-order chi connectivity index (χ0) is 22.9. The quantitative estimate of drug-likeness (QED) is 0.120. The second-order valence-electron chi connectivity index (χ2n) is 10.6. The highest BCUT2D eigenvalue weighted by Crippen LogP contribution is 2.29. The molecule has 0 aromatic heterocycles. The van der Waals surface area contributed by atoms with Crippen LogP contribution in [-0.4, -0.2) is 44.6 Å². The molecular formula is C28H54ClN3. The summed E-state index contributed by atoms with van der Waals surface area (Å²) in [6.07, 6.45) is 21.0. The van der Waals surface area contributed by atoms with Crippen molar-refractivity contribution in [2.45, 2.75) is 109 Å². The zero-order valence-corrected chi connectivity index (χ0v) is 22.2. The topological polar surface area (TPSA) is 36.1 Å². The predicted octanol–water partition coefficient (Wildman–Crippen LogP) is 6.67. The first kappa shape index (κ1) is 28.1. The van der Waals surface area contributed by atoms with Crippen molar-refractivity contribution in [3.05, 3.63) is 11.6 Å². The summed E-state index contributed by atoms with van der Waals surface area (Å²) >= 11 is 6.33. The third kappa shape index (κ3) is 13.0. The van der Waals surface area contributed by atoms with Crippen molar-refractivity contribution in [1.29, 1.82) is 0 Å². The minimum absolute atomic E-state index is 0.439. The third-order valence-electron chi connectivity index (χ3n) is 7.78. The summed E-state index contributed by atoms with van der Waals surface area (Å²) in [5.74, 6) is 2.56. The van der Waals surface area contributed by atoms with Gasteiger partial charge in [-0.3, -0.25) is 0 Å². The molecule has 2 aliphatic rings. The van der Waals surface area contributed by atoms with Gasteiger partial charge in [0.1, 0.15) is 0 Å². The van der Waals surface area contributed by atoms with Gasteiger partial charge in [-0.25, -0.2) is 0 Å². The van der Waals surface area contributed by atoms with Crippen LogP contribution in [0.5, 0.6) is 0 Å². The van der Waals surface area contributed by atoms with Gasteiger partial charge in [-0.05, 0) is 102 Å². The number of alkyl halides is 1. The normalized spacial score (nSPS) is 25.0. The number of rotatable bonds is 18. The van der Waals surface area contributed by atoms with Crippen LogP contribution >= 0.6 is 11.6 Å². The van der Waals surface area contributed by atoms with Crippen LogP contribution in [0, 0.1) is 17.8 Å². The van der Waals surface area contributed by atoms with E-state index >= 15 is 0 Å². The monoisotopic (exact) mass is 467 g/mol. The van der Waals surface area contributed by atoms with E-state index in [1.54, 1.807) is 5.57 Å². The van der Waals surface area contributed by atoms with Crippen LogP contribution in [0.25, 0.3) is 0 Å². The van der Waals surface area contributed by atoms with Crippen LogP contribution in [0.4, 0.5) is 0 Å². The van der Waals surface area contributed by atoms with Gasteiger partial charge in [-0.1, -0.05) is 64.0 Å². The lowest BCUT2D eigenvalue weighted by molar-refractivity contribution is 0.331. The molecular weight excluding hydrogens is 414 g/mol. The lowest BCUT2D eigenvalue weighted by atomic mass is 9.86. The van der Waals surface area contributed by atoms with Gasteiger partial charge in [-0.2, -0.15) is 0 Å².